The Morgan fingerprint density at radius 3 is 2.37 bits per heavy atom. The number of nitrogens with one attached hydrogen (secondary N) is 1. The van der Waals surface area contributed by atoms with Crippen LogP contribution in [-0.2, 0) is 21.4 Å². The van der Waals surface area contributed by atoms with Gasteiger partial charge >= 0.3 is 0 Å². The van der Waals surface area contributed by atoms with Gasteiger partial charge in [-0.3, -0.25) is 9.10 Å². The van der Waals surface area contributed by atoms with Gasteiger partial charge in [-0.25, -0.2) is 8.42 Å². The minimum atomic E-state index is -3.63. The second kappa shape index (κ2) is 8.90. The fourth-order valence-electron chi connectivity index (χ4n) is 2.88. The van der Waals surface area contributed by atoms with Crippen molar-refractivity contribution in [3.05, 3.63) is 59.7 Å². The molecule has 146 valence electrons. The van der Waals surface area contributed by atoms with Crippen molar-refractivity contribution >= 4 is 21.6 Å². The normalized spacial score (nSPS) is 12.3. The van der Waals surface area contributed by atoms with E-state index in [2.05, 4.69) is 5.32 Å². The zero-order chi connectivity index (χ0) is 20.0. The number of methoxy groups -OCH3 is 1. The summed E-state index contributed by atoms with van der Waals surface area (Å²) < 4.78 is 31.2. The number of ether oxygens (including phenoxy) is 1. The van der Waals surface area contributed by atoms with Crippen molar-refractivity contribution in [3.8, 4) is 5.75 Å². The van der Waals surface area contributed by atoms with Gasteiger partial charge in [-0.15, -0.1) is 0 Å². The van der Waals surface area contributed by atoms with Crippen LogP contribution < -0.4 is 14.4 Å². The predicted octanol–water partition coefficient (Wildman–Crippen LogP) is 2.86. The zero-order valence-corrected chi connectivity index (χ0v) is 16.9. The van der Waals surface area contributed by atoms with Crippen molar-refractivity contribution < 1.29 is 17.9 Å². The topological polar surface area (TPSA) is 75.7 Å². The average molecular weight is 391 g/mol. The highest BCUT2D eigenvalue weighted by Crippen LogP contribution is 2.23. The van der Waals surface area contributed by atoms with Gasteiger partial charge in [-0.1, -0.05) is 31.2 Å². The highest BCUT2D eigenvalue weighted by Gasteiger charge is 2.31. The Hall–Kier alpha value is -2.54. The molecule has 0 aliphatic carbocycles. The van der Waals surface area contributed by atoms with Crippen LogP contribution in [0.2, 0.25) is 0 Å². The van der Waals surface area contributed by atoms with Crippen LogP contribution >= 0.6 is 0 Å². The van der Waals surface area contributed by atoms with E-state index in [1.54, 1.807) is 32.2 Å². The molecule has 0 spiro atoms. The summed E-state index contributed by atoms with van der Waals surface area (Å²) in [5, 5.41) is 2.84. The maximum absolute atomic E-state index is 12.8. The van der Waals surface area contributed by atoms with E-state index in [4.69, 9.17) is 4.74 Å². The van der Waals surface area contributed by atoms with Gasteiger partial charge in [-0.05, 0) is 48.7 Å². The quantitative estimate of drug-likeness (QED) is 0.752. The van der Waals surface area contributed by atoms with E-state index in [1.807, 2.05) is 37.3 Å². The van der Waals surface area contributed by atoms with Crippen LogP contribution in [0.15, 0.2) is 48.5 Å². The molecule has 2 rings (SSSR count). The highest BCUT2D eigenvalue weighted by molar-refractivity contribution is 7.92. The van der Waals surface area contributed by atoms with Crippen LogP contribution in [0.25, 0.3) is 0 Å². The summed E-state index contributed by atoms with van der Waals surface area (Å²) in [7, 11) is -2.04. The maximum Gasteiger partial charge on any atom is 0.244 e. The van der Waals surface area contributed by atoms with Crippen LogP contribution in [0.3, 0.4) is 0 Å². The number of hydrogen-bond donors (Lipinski definition) is 1. The molecular formula is C20H26N2O4S. The van der Waals surface area contributed by atoms with Crippen LogP contribution in [-0.4, -0.2) is 33.7 Å². The summed E-state index contributed by atoms with van der Waals surface area (Å²) in [6.45, 7) is 3.99. The molecule has 0 fully saturated rings. The van der Waals surface area contributed by atoms with Gasteiger partial charge in [0.05, 0.1) is 19.1 Å². The van der Waals surface area contributed by atoms with Crippen molar-refractivity contribution in [2.75, 3.05) is 17.7 Å². The fourth-order valence-corrected chi connectivity index (χ4v) is 4.08. The van der Waals surface area contributed by atoms with E-state index in [0.29, 0.717) is 18.7 Å². The Kier molecular flexibility index (Phi) is 6.85. The molecule has 0 aliphatic heterocycles. The molecule has 2 aromatic carbocycles. The Labute approximate surface area is 161 Å². The maximum atomic E-state index is 12.8. The standard InChI is InChI=1S/C20H26N2O4S/c1-5-19(20(23)21-14-16-9-11-18(26-3)12-10-16)22(27(4,24)25)17-8-6-7-15(2)13-17/h6-13,19H,5,14H2,1-4H3,(H,21,23). The first-order valence-corrected chi connectivity index (χ1v) is 10.6. The van der Waals surface area contributed by atoms with Gasteiger partial charge in [0.25, 0.3) is 0 Å². The number of sulfonamides is 1. The lowest BCUT2D eigenvalue weighted by Gasteiger charge is -2.30. The molecular weight excluding hydrogens is 364 g/mol. The zero-order valence-electron chi connectivity index (χ0n) is 16.1. The minimum absolute atomic E-state index is 0.310. The number of carbonyl (C=O) groups excluding carboxylic acids is 1. The van der Waals surface area contributed by atoms with Gasteiger partial charge in [0, 0.05) is 6.54 Å². The first-order valence-electron chi connectivity index (χ1n) is 8.73. The number of nitrogens with zero attached hydrogens (tertiary/aromatic N) is 1. The first-order chi connectivity index (χ1) is 12.8. The SMILES string of the molecule is CCC(C(=O)NCc1ccc(OC)cc1)N(c1cccc(C)c1)S(C)(=O)=O. The van der Waals surface area contributed by atoms with Crippen molar-refractivity contribution in [3.63, 3.8) is 0 Å². The van der Waals surface area contributed by atoms with Crippen molar-refractivity contribution in [1.29, 1.82) is 0 Å². The molecule has 1 amide bonds. The van der Waals surface area contributed by atoms with E-state index in [9.17, 15) is 13.2 Å². The summed E-state index contributed by atoms with van der Waals surface area (Å²) in [4.78, 5) is 12.8. The average Bonchev–Trinajstić information content (AvgIpc) is 2.63. The monoisotopic (exact) mass is 390 g/mol. The lowest BCUT2D eigenvalue weighted by Crippen LogP contribution is -2.49. The summed E-state index contributed by atoms with van der Waals surface area (Å²) in [6, 6.07) is 13.7. The molecule has 7 heteroatoms. The third-order valence-electron chi connectivity index (χ3n) is 4.21. The summed E-state index contributed by atoms with van der Waals surface area (Å²) in [5.41, 5.74) is 2.32. The number of benzene rings is 2. The van der Waals surface area contributed by atoms with Crippen molar-refractivity contribution in [2.24, 2.45) is 0 Å². The summed E-state index contributed by atoms with van der Waals surface area (Å²) >= 11 is 0. The van der Waals surface area contributed by atoms with Gasteiger partial charge < -0.3 is 10.1 Å². The summed E-state index contributed by atoms with van der Waals surface area (Å²) in [6.07, 6.45) is 1.48. The molecule has 1 atom stereocenters. The Bertz CT molecular complexity index is 879. The van der Waals surface area contributed by atoms with Gasteiger partial charge in [0.15, 0.2) is 0 Å². The predicted molar refractivity (Wildman–Crippen MR) is 107 cm³/mol. The van der Waals surface area contributed by atoms with Gasteiger partial charge in [0.2, 0.25) is 15.9 Å². The molecule has 0 aliphatic rings. The lowest BCUT2D eigenvalue weighted by molar-refractivity contribution is -0.122. The third-order valence-corrected chi connectivity index (χ3v) is 5.39. The molecule has 6 nitrogen and oxygen atoms in total. The number of anilines is 1. The largest absolute Gasteiger partial charge is 0.497 e. The minimum Gasteiger partial charge on any atom is -0.497 e. The highest BCUT2D eigenvalue weighted by atomic mass is 32.2. The summed E-state index contributed by atoms with van der Waals surface area (Å²) in [5.74, 6) is 0.402. The van der Waals surface area contributed by atoms with Crippen LogP contribution in [0.5, 0.6) is 5.75 Å². The molecule has 0 bridgehead atoms. The van der Waals surface area contributed by atoms with Crippen molar-refractivity contribution in [1.82, 2.24) is 5.32 Å². The van der Waals surface area contributed by atoms with Crippen LogP contribution in [0.4, 0.5) is 5.69 Å². The van der Waals surface area contributed by atoms with Gasteiger partial charge in [0.1, 0.15) is 11.8 Å². The number of aryl methyl sites for hydroxylation is 1. The molecule has 2 aromatic rings. The molecule has 0 saturated heterocycles. The second-order valence-electron chi connectivity index (χ2n) is 6.39. The first kappa shape index (κ1) is 20.8. The second-order valence-corrected chi connectivity index (χ2v) is 8.25. The Morgan fingerprint density at radius 2 is 1.85 bits per heavy atom. The van der Waals surface area contributed by atoms with E-state index < -0.39 is 16.1 Å². The molecule has 27 heavy (non-hydrogen) atoms. The number of carbonyl (C=O) groups is 1. The Balaban J connectivity index is 2.21. The van der Waals surface area contributed by atoms with E-state index in [0.717, 1.165) is 23.1 Å². The van der Waals surface area contributed by atoms with Crippen LogP contribution in [0.1, 0.15) is 24.5 Å². The third kappa shape index (κ3) is 5.47. The van der Waals surface area contributed by atoms with E-state index in [1.165, 1.54) is 4.31 Å². The molecule has 1 unspecified atom stereocenters. The number of hydrogen-bond acceptors (Lipinski definition) is 4. The fraction of sp³-hybridized carbons (Fsp3) is 0.350. The number of amides is 1. The molecule has 0 saturated carbocycles. The van der Waals surface area contributed by atoms with E-state index >= 15 is 0 Å². The van der Waals surface area contributed by atoms with Crippen molar-refractivity contribution in [2.45, 2.75) is 32.9 Å². The Morgan fingerprint density at radius 1 is 1.19 bits per heavy atom. The molecule has 1 N–H and O–H groups in total. The van der Waals surface area contributed by atoms with Crippen LogP contribution in [0, 0.1) is 6.92 Å². The lowest BCUT2D eigenvalue weighted by atomic mass is 10.1. The molecule has 0 heterocycles. The smallest absolute Gasteiger partial charge is 0.244 e. The molecule has 0 radical (unpaired) electrons. The van der Waals surface area contributed by atoms with E-state index in [-0.39, 0.29) is 5.91 Å². The number of rotatable bonds is 8. The van der Waals surface area contributed by atoms with Gasteiger partial charge in [-0.2, -0.15) is 0 Å². The molecule has 0 aromatic heterocycles.